The number of nitrogens with zero attached hydrogens (tertiary/aromatic N) is 3. The molecule has 1 aromatic rings. The van der Waals surface area contributed by atoms with Crippen LogP contribution in [-0.4, -0.2) is 43.3 Å². The van der Waals surface area contributed by atoms with Crippen molar-refractivity contribution in [1.29, 1.82) is 0 Å². The van der Waals surface area contributed by atoms with Crippen LogP contribution in [0.25, 0.3) is 0 Å². The number of nitrogens with one attached hydrogen (secondary N) is 1. The molecule has 2 fully saturated rings. The van der Waals surface area contributed by atoms with E-state index in [1.165, 1.54) is 32.2 Å². The van der Waals surface area contributed by atoms with Crippen LogP contribution in [0, 0.1) is 12.3 Å². The van der Waals surface area contributed by atoms with E-state index in [1.807, 2.05) is 13.0 Å². The van der Waals surface area contributed by atoms with E-state index in [1.54, 1.807) is 7.11 Å². The van der Waals surface area contributed by atoms with Crippen LogP contribution in [0.3, 0.4) is 0 Å². The first-order valence-electron chi connectivity index (χ1n) is 7.56. The fraction of sp³-hybridized carbons (Fsp3) is 0.733. The molecular weight excluding hydrogens is 252 g/mol. The summed E-state index contributed by atoms with van der Waals surface area (Å²) in [6.45, 7) is 6.42. The van der Waals surface area contributed by atoms with Gasteiger partial charge in [0.15, 0.2) is 0 Å². The molecule has 1 spiro atoms. The fourth-order valence-electron chi connectivity index (χ4n) is 3.57. The predicted octanol–water partition coefficient (Wildman–Crippen LogP) is 1.76. The van der Waals surface area contributed by atoms with Gasteiger partial charge >= 0.3 is 0 Å². The summed E-state index contributed by atoms with van der Waals surface area (Å²) in [4.78, 5) is 11.3. The molecule has 0 aromatic carbocycles. The maximum absolute atomic E-state index is 5.27. The molecule has 0 amide bonds. The van der Waals surface area contributed by atoms with Crippen molar-refractivity contribution in [3.8, 4) is 5.88 Å². The van der Waals surface area contributed by atoms with E-state index in [0.29, 0.717) is 11.3 Å². The minimum absolute atomic E-state index is 0.433. The molecule has 0 radical (unpaired) electrons. The summed E-state index contributed by atoms with van der Waals surface area (Å²) in [7, 11) is 1.66. The SMILES string of the molecule is COc1cc(N2CCCC3(CCCNC3)C2)nc(C)n1. The number of hydrogen-bond acceptors (Lipinski definition) is 5. The van der Waals surface area contributed by atoms with Gasteiger partial charge in [-0.1, -0.05) is 0 Å². The smallest absolute Gasteiger partial charge is 0.218 e. The largest absolute Gasteiger partial charge is 0.481 e. The van der Waals surface area contributed by atoms with Gasteiger partial charge in [-0.2, -0.15) is 4.98 Å². The number of aryl methyl sites for hydroxylation is 1. The molecule has 20 heavy (non-hydrogen) atoms. The molecular formula is C15H24N4O. The first-order valence-corrected chi connectivity index (χ1v) is 7.56. The molecule has 1 atom stereocenters. The lowest BCUT2D eigenvalue weighted by molar-refractivity contribution is 0.172. The molecule has 1 aromatic heterocycles. The molecule has 3 heterocycles. The molecule has 0 bridgehead atoms. The van der Waals surface area contributed by atoms with Crippen LogP contribution in [0.5, 0.6) is 5.88 Å². The maximum atomic E-state index is 5.27. The molecule has 5 nitrogen and oxygen atoms in total. The maximum Gasteiger partial charge on any atom is 0.218 e. The molecule has 110 valence electrons. The molecule has 5 heteroatoms. The third-order valence-electron chi connectivity index (χ3n) is 4.56. The van der Waals surface area contributed by atoms with Gasteiger partial charge in [-0.15, -0.1) is 0 Å². The zero-order valence-corrected chi connectivity index (χ0v) is 12.5. The van der Waals surface area contributed by atoms with Crippen LogP contribution in [0.1, 0.15) is 31.5 Å². The highest BCUT2D eigenvalue weighted by atomic mass is 16.5. The number of hydrogen-bond donors (Lipinski definition) is 1. The lowest BCUT2D eigenvalue weighted by Gasteiger charge is -2.45. The summed E-state index contributed by atoms with van der Waals surface area (Å²) >= 11 is 0. The Bertz CT molecular complexity index is 465. The van der Waals surface area contributed by atoms with Gasteiger partial charge < -0.3 is 15.0 Å². The second-order valence-electron chi connectivity index (χ2n) is 6.12. The van der Waals surface area contributed by atoms with E-state index >= 15 is 0 Å². The van der Waals surface area contributed by atoms with Gasteiger partial charge in [0.1, 0.15) is 11.6 Å². The Morgan fingerprint density at radius 2 is 2.15 bits per heavy atom. The van der Waals surface area contributed by atoms with Crippen molar-refractivity contribution in [3.05, 3.63) is 11.9 Å². The summed E-state index contributed by atoms with van der Waals surface area (Å²) in [5.41, 5.74) is 0.433. The van der Waals surface area contributed by atoms with Crippen molar-refractivity contribution in [2.24, 2.45) is 5.41 Å². The normalized spacial score (nSPS) is 26.8. The Morgan fingerprint density at radius 1 is 1.30 bits per heavy atom. The standard InChI is InChI=1S/C15H24N4O/c1-12-17-13(9-14(18-12)20-2)19-8-4-6-15(11-19)5-3-7-16-10-15/h9,16H,3-8,10-11H2,1-2H3. The minimum atomic E-state index is 0.433. The van der Waals surface area contributed by atoms with Gasteiger partial charge in [0, 0.05) is 31.1 Å². The van der Waals surface area contributed by atoms with Crippen LogP contribution in [0.15, 0.2) is 6.07 Å². The lowest BCUT2D eigenvalue weighted by atomic mass is 9.74. The molecule has 0 aliphatic carbocycles. The third kappa shape index (κ3) is 2.73. The van der Waals surface area contributed by atoms with Crippen molar-refractivity contribution in [1.82, 2.24) is 15.3 Å². The highest BCUT2D eigenvalue weighted by Gasteiger charge is 2.37. The monoisotopic (exact) mass is 276 g/mol. The van der Waals surface area contributed by atoms with Crippen LogP contribution < -0.4 is 15.0 Å². The first-order chi connectivity index (χ1) is 9.71. The predicted molar refractivity (Wildman–Crippen MR) is 79.3 cm³/mol. The molecule has 2 saturated heterocycles. The molecule has 2 aliphatic rings. The highest BCUT2D eigenvalue weighted by molar-refractivity contribution is 5.42. The van der Waals surface area contributed by atoms with Crippen molar-refractivity contribution < 1.29 is 4.74 Å². The Morgan fingerprint density at radius 3 is 2.90 bits per heavy atom. The number of piperidine rings is 2. The van der Waals surface area contributed by atoms with Crippen molar-refractivity contribution in [2.45, 2.75) is 32.6 Å². The topological polar surface area (TPSA) is 50.3 Å². The second-order valence-corrected chi connectivity index (χ2v) is 6.12. The zero-order valence-electron chi connectivity index (χ0n) is 12.5. The average Bonchev–Trinajstić information content (AvgIpc) is 2.47. The first kappa shape index (κ1) is 13.6. The summed E-state index contributed by atoms with van der Waals surface area (Å²) < 4.78 is 5.27. The van der Waals surface area contributed by atoms with E-state index < -0.39 is 0 Å². The van der Waals surface area contributed by atoms with Crippen molar-refractivity contribution in [3.63, 3.8) is 0 Å². The van der Waals surface area contributed by atoms with Crippen molar-refractivity contribution in [2.75, 3.05) is 38.2 Å². The van der Waals surface area contributed by atoms with Gasteiger partial charge in [-0.3, -0.25) is 0 Å². The minimum Gasteiger partial charge on any atom is -0.481 e. The Hall–Kier alpha value is -1.36. The number of anilines is 1. The molecule has 1 N–H and O–H groups in total. The summed E-state index contributed by atoms with van der Waals surface area (Å²) in [6.07, 6.45) is 5.20. The van der Waals surface area contributed by atoms with Gasteiger partial charge in [0.2, 0.25) is 5.88 Å². The Balaban J connectivity index is 1.81. The van der Waals surface area contributed by atoms with E-state index in [0.717, 1.165) is 31.3 Å². The quantitative estimate of drug-likeness (QED) is 0.892. The van der Waals surface area contributed by atoms with E-state index in [2.05, 4.69) is 20.2 Å². The van der Waals surface area contributed by atoms with Gasteiger partial charge in [0.05, 0.1) is 7.11 Å². The van der Waals surface area contributed by atoms with Crippen molar-refractivity contribution >= 4 is 5.82 Å². The number of aromatic nitrogens is 2. The fourth-order valence-corrected chi connectivity index (χ4v) is 3.57. The lowest BCUT2D eigenvalue weighted by Crippen LogP contribution is -2.51. The third-order valence-corrected chi connectivity index (χ3v) is 4.56. The summed E-state index contributed by atoms with van der Waals surface area (Å²) in [5.74, 6) is 2.45. The van der Waals surface area contributed by atoms with Gasteiger partial charge in [-0.25, -0.2) is 4.98 Å². The number of rotatable bonds is 2. The average molecular weight is 276 g/mol. The van der Waals surface area contributed by atoms with Crippen LogP contribution in [0.2, 0.25) is 0 Å². The van der Waals surface area contributed by atoms with Gasteiger partial charge in [0.25, 0.3) is 0 Å². The summed E-state index contributed by atoms with van der Waals surface area (Å²) in [6, 6.07) is 1.96. The molecule has 2 aliphatic heterocycles. The molecule has 3 rings (SSSR count). The zero-order chi connectivity index (χ0) is 14.0. The highest BCUT2D eigenvalue weighted by Crippen LogP contribution is 2.37. The number of ether oxygens (including phenoxy) is 1. The number of methoxy groups -OCH3 is 1. The van der Waals surface area contributed by atoms with Gasteiger partial charge in [-0.05, 0) is 39.2 Å². The van der Waals surface area contributed by atoms with Crippen LogP contribution in [0.4, 0.5) is 5.82 Å². The van der Waals surface area contributed by atoms with E-state index in [4.69, 9.17) is 4.74 Å². The summed E-state index contributed by atoms with van der Waals surface area (Å²) in [5, 5.41) is 3.57. The second kappa shape index (κ2) is 5.56. The van der Waals surface area contributed by atoms with Crippen LogP contribution in [-0.2, 0) is 0 Å². The molecule has 1 unspecified atom stereocenters. The molecule has 0 saturated carbocycles. The Kier molecular flexibility index (Phi) is 3.78. The van der Waals surface area contributed by atoms with E-state index in [-0.39, 0.29) is 0 Å². The van der Waals surface area contributed by atoms with Crippen LogP contribution >= 0.6 is 0 Å². The Labute approximate surface area is 120 Å². The van der Waals surface area contributed by atoms with E-state index in [9.17, 15) is 0 Å².